The van der Waals surface area contributed by atoms with Crippen molar-refractivity contribution in [1.82, 2.24) is 19.9 Å². The fourth-order valence-electron chi connectivity index (χ4n) is 4.94. The Balaban J connectivity index is 1.70. The topological polar surface area (TPSA) is 80.2 Å². The van der Waals surface area contributed by atoms with Crippen molar-refractivity contribution in [3.8, 4) is 0 Å². The summed E-state index contributed by atoms with van der Waals surface area (Å²) >= 11 is 0. The van der Waals surface area contributed by atoms with Gasteiger partial charge in [0.05, 0.1) is 22.6 Å². The number of fused-ring (bicyclic) bond motifs is 1. The van der Waals surface area contributed by atoms with E-state index in [0.717, 1.165) is 11.6 Å². The Labute approximate surface area is 212 Å². The normalized spacial score (nSPS) is 16.6. The van der Waals surface area contributed by atoms with Crippen LogP contribution in [-0.4, -0.2) is 52.6 Å². The van der Waals surface area contributed by atoms with Crippen molar-refractivity contribution in [2.75, 3.05) is 32.2 Å². The van der Waals surface area contributed by atoms with Gasteiger partial charge in [-0.15, -0.1) is 0 Å². The molecule has 37 heavy (non-hydrogen) atoms. The molecule has 1 aromatic carbocycles. The van der Waals surface area contributed by atoms with Crippen LogP contribution in [0.3, 0.4) is 0 Å². The number of piperidine rings is 1. The summed E-state index contributed by atoms with van der Waals surface area (Å²) in [6, 6.07) is 5.08. The van der Waals surface area contributed by atoms with Gasteiger partial charge in [0.25, 0.3) is 11.8 Å². The summed E-state index contributed by atoms with van der Waals surface area (Å²) in [6.07, 6.45) is 2.21. The van der Waals surface area contributed by atoms with Gasteiger partial charge in [0, 0.05) is 43.9 Å². The van der Waals surface area contributed by atoms with E-state index in [0.29, 0.717) is 55.4 Å². The van der Waals surface area contributed by atoms with E-state index in [1.165, 1.54) is 23.4 Å². The number of hydrogen-bond donors (Lipinski definition) is 1. The summed E-state index contributed by atoms with van der Waals surface area (Å²) in [7, 11) is 1.58. The molecular weight excluding hydrogens is 490 g/mol. The third kappa shape index (κ3) is 5.09. The second-order valence-electron chi connectivity index (χ2n) is 9.39. The Morgan fingerprint density at radius 1 is 1.27 bits per heavy atom. The van der Waals surface area contributed by atoms with Crippen LogP contribution in [0.5, 0.6) is 0 Å². The van der Waals surface area contributed by atoms with E-state index in [4.69, 9.17) is 4.74 Å². The molecular formula is C26H29F4N5O2. The van der Waals surface area contributed by atoms with Crippen molar-refractivity contribution < 1.29 is 27.1 Å². The second-order valence-corrected chi connectivity index (χ2v) is 9.39. The standard InChI is InChI=1S/C26H29F4N5O2/c1-15(17-6-5-7-19(22(17)28)25(3,29)30)33-23-18-12-20(16(2)34-24(18)32-14-31-23)26(37-4)8-10-35(11-9-26)21(36)13-27/h5-7,12,14-15H,8-11,13H2,1-4H3,(H,31,32,33,34)/t15-/m1/s1. The van der Waals surface area contributed by atoms with Gasteiger partial charge < -0.3 is 15.0 Å². The number of nitrogens with one attached hydrogen (secondary N) is 1. The van der Waals surface area contributed by atoms with Gasteiger partial charge in [-0.2, -0.15) is 0 Å². The van der Waals surface area contributed by atoms with Gasteiger partial charge in [0.15, 0.2) is 12.3 Å². The number of aryl methyl sites for hydroxylation is 1. The molecule has 3 heterocycles. The molecule has 0 radical (unpaired) electrons. The Bertz CT molecular complexity index is 1310. The SMILES string of the molecule is COC1(c2cc3c(N[C@H](C)c4cccc(C(C)(F)F)c4F)ncnc3nc2C)CCN(C(=O)CF)CC1. The molecule has 1 aliphatic heterocycles. The maximum absolute atomic E-state index is 15.0. The van der Waals surface area contributed by atoms with E-state index < -0.39 is 41.5 Å². The third-order valence-corrected chi connectivity index (χ3v) is 7.06. The van der Waals surface area contributed by atoms with Crippen molar-refractivity contribution >= 4 is 22.8 Å². The minimum Gasteiger partial charge on any atom is -0.373 e. The second kappa shape index (κ2) is 10.2. The van der Waals surface area contributed by atoms with Gasteiger partial charge >= 0.3 is 0 Å². The number of rotatable bonds is 7. The highest BCUT2D eigenvalue weighted by Crippen LogP contribution is 2.40. The number of benzene rings is 1. The summed E-state index contributed by atoms with van der Waals surface area (Å²) in [5.74, 6) is -4.49. The van der Waals surface area contributed by atoms with Gasteiger partial charge in [-0.25, -0.2) is 32.5 Å². The maximum atomic E-state index is 15.0. The molecule has 1 aliphatic rings. The average Bonchev–Trinajstić information content (AvgIpc) is 2.87. The highest BCUT2D eigenvalue weighted by atomic mass is 19.3. The number of anilines is 1. The van der Waals surface area contributed by atoms with Gasteiger partial charge in [0.2, 0.25) is 0 Å². The Morgan fingerprint density at radius 2 is 1.97 bits per heavy atom. The summed E-state index contributed by atoms with van der Waals surface area (Å²) in [4.78, 5) is 26.5. The molecule has 0 bridgehead atoms. The van der Waals surface area contributed by atoms with Gasteiger partial charge in [-0.3, -0.25) is 4.79 Å². The first-order chi connectivity index (χ1) is 17.5. The maximum Gasteiger partial charge on any atom is 0.273 e. The van der Waals surface area contributed by atoms with E-state index in [1.807, 2.05) is 13.0 Å². The van der Waals surface area contributed by atoms with E-state index in [2.05, 4.69) is 20.3 Å². The summed E-state index contributed by atoms with van der Waals surface area (Å²) in [5, 5.41) is 3.67. The lowest BCUT2D eigenvalue weighted by molar-refractivity contribution is -0.138. The van der Waals surface area contributed by atoms with Gasteiger partial charge in [-0.05, 0) is 32.8 Å². The molecule has 11 heteroatoms. The number of ether oxygens (including phenoxy) is 1. The van der Waals surface area contributed by atoms with Crippen LogP contribution in [0.15, 0.2) is 30.6 Å². The number of pyridine rings is 1. The number of nitrogens with zero attached hydrogens (tertiary/aromatic N) is 4. The molecule has 198 valence electrons. The minimum absolute atomic E-state index is 0.0735. The molecule has 0 aliphatic carbocycles. The molecule has 0 saturated carbocycles. The fraction of sp³-hybridized carbons (Fsp3) is 0.462. The van der Waals surface area contributed by atoms with E-state index >= 15 is 0 Å². The molecule has 3 aromatic rings. The van der Waals surface area contributed by atoms with E-state index in [1.54, 1.807) is 14.0 Å². The first-order valence-electron chi connectivity index (χ1n) is 12.0. The quantitative estimate of drug-likeness (QED) is 0.433. The molecule has 7 nitrogen and oxygen atoms in total. The number of carbonyl (C=O) groups is 1. The average molecular weight is 520 g/mol. The van der Waals surface area contributed by atoms with Gasteiger partial charge in [0.1, 0.15) is 18.0 Å². The molecule has 1 fully saturated rings. The highest BCUT2D eigenvalue weighted by Gasteiger charge is 2.39. The van der Waals surface area contributed by atoms with Crippen LogP contribution in [0.25, 0.3) is 11.0 Å². The lowest BCUT2D eigenvalue weighted by atomic mass is 9.83. The van der Waals surface area contributed by atoms with Crippen molar-refractivity contribution in [3.63, 3.8) is 0 Å². The van der Waals surface area contributed by atoms with Crippen LogP contribution in [0.1, 0.15) is 55.1 Å². The van der Waals surface area contributed by atoms with Crippen LogP contribution in [0, 0.1) is 12.7 Å². The number of likely N-dealkylation sites (tertiary alicyclic amines) is 1. The number of carbonyl (C=O) groups excluding carboxylic acids is 1. The number of hydrogen-bond acceptors (Lipinski definition) is 6. The first-order valence-corrected chi connectivity index (χ1v) is 12.0. The number of methoxy groups -OCH3 is 1. The minimum atomic E-state index is -3.32. The van der Waals surface area contributed by atoms with Crippen molar-refractivity contribution in [3.05, 3.63) is 58.8 Å². The lowest BCUT2D eigenvalue weighted by Crippen LogP contribution is -2.47. The van der Waals surface area contributed by atoms with Crippen molar-refractivity contribution in [2.24, 2.45) is 0 Å². The predicted molar refractivity (Wildman–Crippen MR) is 131 cm³/mol. The van der Waals surface area contributed by atoms with Crippen LogP contribution < -0.4 is 5.32 Å². The van der Waals surface area contributed by atoms with Gasteiger partial charge in [-0.1, -0.05) is 18.2 Å². The Hall–Kier alpha value is -3.34. The molecule has 0 unspecified atom stereocenters. The summed E-state index contributed by atoms with van der Waals surface area (Å²) in [5.41, 5.74) is 0.497. The number of halogens is 4. The van der Waals surface area contributed by atoms with E-state index in [9.17, 15) is 22.4 Å². The molecule has 1 amide bonds. The molecule has 2 aromatic heterocycles. The largest absolute Gasteiger partial charge is 0.373 e. The van der Waals surface area contributed by atoms with Crippen LogP contribution in [0.2, 0.25) is 0 Å². The Morgan fingerprint density at radius 3 is 2.59 bits per heavy atom. The third-order valence-electron chi connectivity index (χ3n) is 7.06. The lowest BCUT2D eigenvalue weighted by Gasteiger charge is -2.41. The first kappa shape index (κ1) is 26.7. The van der Waals surface area contributed by atoms with Crippen LogP contribution in [-0.2, 0) is 21.1 Å². The number of alkyl halides is 3. The number of aromatic nitrogens is 3. The molecule has 1 N–H and O–H groups in total. The zero-order valence-electron chi connectivity index (χ0n) is 21.1. The molecule has 1 atom stereocenters. The van der Waals surface area contributed by atoms with Crippen molar-refractivity contribution in [2.45, 2.75) is 51.2 Å². The van der Waals surface area contributed by atoms with Crippen LogP contribution >= 0.6 is 0 Å². The highest BCUT2D eigenvalue weighted by molar-refractivity contribution is 5.87. The summed E-state index contributed by atoms with van der Waals surface area (Å²) < 4.78 is 61.5. The summed E-state index contributed by atoms with van der Waals surface area (Å²) in [6.45, 7) is 3.77. The molecule has 4 rings (SSSR count). The molecule has 1 saturated heterocycles. The smallest absolute Gasteiger partial charge is 0.273 e. The fourth-order valence-corrected chi connectivity index (χ4v) is 4.94. The monoisotopic (exact) mass is 519 g/mol. The van der Waals surface area contributed by atoms with E-state index in [-0.39, 0.29) is 5.56 Å². The zero-order chi connectivity index (χ0) is 27.0. The number of amides is 1. The zero-order valence-corrected chi connectivity index (χ0v) is 21.1. The van der Waals surface area contributed by atoms with Crippen molar-refractivity contribution in [1.29, 1.82) is 0 Å². The predicted octanol–water partition coefficient (Wildman–Crippen LogP) is 5.19. The van der Waals surface area contributed by atoms with Crippen LogP contribution in [0.4, 0.5) is 23.4 Å². The molecule has 0 spiro atoms. The Kier molecular flexibility index (Phi) is 7.36.